The van der Waals surface area contributed by atoms with Crippen molar-refractivity contribution in [2.75, 3.05) is 5.73 Å². The van der Waals surface area contributed by atoms with Crippen LogP contribution in [-0.4, -0.2) is 4.98 Å². The molecule has 1 heterocycles. The van der Waals surface area contributed by atoms with Crippen LogP contribution < -0.4 is 5.73 Å². The number of fused-ring (bicyclic) bond motifs is 1. The fourth-order valence-electron chi connectivity index (χ4n) is 1.40. The monoisotopic (exact) mass is 172 g/mol. The summed E-state index contributed by atoms with van der Waals surface area (Å²) in [7, 11) is 0. The zero-order chi connectivity index (χ0) is 9.26. The van der Waals surface area contributed by atoms with E-state index in [1.807, 2.05) is 12.1 Å². The molecule has 0 aliphatic rings. The predicted octanol–water partition coefficient (Wildman–Crippen LogP) is 2.38. The van der Waals surface area contributed by atoms with Gasteiger partial charge in [0.2, 0.25) is 0 Å². The Morgan fingerprint density at radius 2 is 2.00 bits per heavy atom. The Morgan fingerprint density at radius 1 is 1.23 bits per heavy atom. The third kappa shape index (κ3) is 1.47. The minimum absolute atomic E-state index is 0.584. The summed E-state index contributed by atoms with van der Waals surface area (Å²) in [6.45, 7) is 2.13. The molecule has 0 spiro atoms. The largest absolute Gasteiger partial charge is 0.384 e. The Bertz CT molecular complexity index is 435. The SMILES string of the molecule is CCc1ccc2ccc(N)nc2c1. The maximum absolute atomic E-state index is 5.60. The summed E-state index contributed by atoms with van der Waals surface area (Å²) < 4.78 is 0. The number of benzene rings is 1. The standard InChI is InChI=1S/C11H12N2/c1-2-8-3-4-9-5-6-11(12)13-10(9)7-8/h3-7H,2H2,1H3,(H2,12,13). The van der Waals surface area contributed by atoms with E-state index in [2.05, 4.69) is 30.1 Å². The molecule has 0 fully saturated rings. The second-order valence-corrected chi connectivity index (χ2v) is 3.12. The van der Waals surface area contributed by atoms with Crippen LogP contribution in [0.2, 0.25) is 0 Å². The minimum atomic E-state index is 0.584. The van der Waals surface area contributed by atoms with Gasteiger partial charge in [0, 0.05) is 5.39 Å². The number of rotatable bonds is 1. The van der Waals surface area contributed by atoms with E-state index < -0.39 is 0 Å². The van der Waals surface area contributed by atoms with Crippen molar-refractivity contribution in [2.24, 2.45) is 0 Å². The Kier molecular flexibility index (Phi) is 1.89. The molecule has 0 unspecified atom stereocenters. The first-order chi connectivity index (χ1) is 6.29. The summed E-state index contributed by atoms with van der Waals surface area (Å²) in [6, 6.07) is 10.1. The Morgan fingerprint density at radius 3 is 2.77 bits per heavy atom. The number of nitrogens with zero attached hydrogens (tertiary/aromatic N) is 1. The van der Waals surface area contributed by atoms with E-state index >= 15 is 0 Å². The second kappa shape index (κ2) is 3.05. The average molecular weight is 172 g/mol. The molecule has 1 aromatic carbocycles. The molecule has 0 radical (unpaired) electrons. The molecule has 0 aliphatic heterocycles. The number of hydrogen-bond acceptors (Lipinski definition) is 2. The van der Waals surface area contributed by atoms with E-state index in [4.69, 9.17) is 5.73 Å². The molecular weight excluding hydrogens is 160 g/mol. The van der Waals surface area contributed by atoms with E-state index in [1.165, 1.54) is 5.56 Å². The highest BCUT2D eigenvalue weighted by molar-refractivity contribution is 5.80. The average Bonchev–Trinajstić information content (AvgIpc) is 2.16. The van der Waals surface area contributed by atoms with Crippen molar-refractivity contribution in [1.29, 1.82) is 0 Å². The van der Waals surface area contributed by atoms with Crippen LogP contribution in [0, 0.1) is 0 Å². The Hall–Kier alpha value is -1.57. The predicted molar refractivity (Wildman–Crippen MR) is 55.5 cm³/mol. The van der Waals surface area contributed by atoms with Crippen molar-refractivity contribution in [3.8, 4) is 0 Å². The first-order valence-corrected chi connectivity index (χ1v) is 4.45. The topological polar surface area (TPSA) is 38.9 Å². The van der Waals surface area contributed by atoms with Crippen LogP contribution in [-0.2, 0) is 6.42 Å². The van der Waals surface area contributed by atoms with Gasteiger partial charge in [0.25, 0.3) is 0 Å². The molecule has 0 saturated heterocycles. The molecule has 2 nitrogen and oxygen atoms in total. The number of anilines is 1. The first kappa shape index (κ1) is 8.05. The van der Waals surface area contributed by atoms with Crippen LogP contribution in [0.3, 0.4) is 0 Å². The summed E-state index contributed by atoms with van der Waals surface area (Å²) >= 11 is 0. The van der Waals surface area contributed by atoms with E-state index in [0.29, 0.717) is 5.82 Å². The van der Waals surface area contributed by atoms with E-state index in [0.717, 1.165) is 17.3 Å². The summed E-state index contributed by atoms with van der Waals surface area (Å²) in [6.07, 6.45) is 1.03. The third-order valence-corrected chi connectivity index (χ3v) is 2.19. The second-order valence-electron chi connectivity index (χ2n) is 3.12. The first-order valence-electron chi connectivity index (χ1n) is 4.45. The van der Waals surface area contributed by atoms with Crippen LogP contribution >= 0.6 is 0 Å². The number of pyridine rings is 1. The molecule has 2 heteroatoms. The molecule has 2 N–H and O–H groups in total. The zero-order valence-electron chi connectivity index (χ0n) is 7.62. The number of hydrogen-bond donors (Lipinski definition) is 1. The van der Waals surface area contributed by atoms with Gasteiger partial charge in [-0.05, 0) is 30.2 Å². The van der Waals surface area contributed by atoms with Gasteiger partial charge in [0.15, 0.2) is 0 Å². The van der Waals surface area contributed by atoms with Crippen LogP contribution in [0.15, 0.2) is 30.3 Å². The van der Waals surface area contributed by atoms with E-state index in [1.54, 1.807) is 0 Å². The number of nitrogen functional groups attached to an aromatic ring is 1. The van der Waals surface area contributed by atoms with Crippen molar-refractivity contribution in [3.05, 3.63) is 35.9 Å². The van der Waals surface area contributed by atoms with Crippen molar-refractivity contribution < 1.29 is 0 Å². The minimum Gasteiger partial charge on any atom is -0.384 e. The molecule has 0 saturated carbocycles. The maximum Gasteiger partial charge on any atom is 0.124 e. The van der Waals surface area contributed by atoms with Gasteiger partial charge in [-0.15, -0.1) is 0 Å². The van der Waals surface area contributed by atoms with Crippen LogP contribution in [0.4, 0.5) is 5.82 Å². The molecule has 2 rings (SSSR count). The lowest BCUT2D eigenvalue weighted by atomic mass is 10.1. The van der Waals surface area contributed by atoms with Crippen molar-refractivity contribution in [2.45, 2.75) is 13.3 Å². The lowest BCUT2D eigenvalue weighted by molar-refractivity contribution is 1.14. The summed E-state index contributed by atoms with van der Waals surface area (Å²) in [5, 5.41) is 1.14. The lowest BCUT2D eigenvalue weighted by Gasteiger charge is -2.00. The van der Waals surface area contributed by atoms with Gasteiger partial charge >= 0.3 is 0 Å². The van der Waals surface area contributed by atoms with Crippen LogP contribution in [0.25, 0.3) is 10.9 Å². The quantitative estimate of drug-likeness (QED) is 0.717. The smallest absolute Gasteiger partial charge is 0.124 e. The molecule has 0 atom stereocenters. The molecular formula is C11H12N2. The Balaban J connectivity index is 2.68. The number of nitrogens with two attached hydrogens (primary N) is 1. The van der Waals surface area contributed by atoms with Gasteiger partial charge in [-0.2, -0.15) is 0 Å². The molecule has 0 aliphatic carbocycles. The van der Waals surface area contributed by atoms with Crippen molar-refractivity contribution in [3.63, 3.8) is 0 Å². The van der Waals surface area contributed by atoms with Crippen LogP contribution in [0.5, 0.6) is 0 Å². The zero-order valence-corrected chi connectivity index (χ0v) is 7.62. The van der Waals surface area contributed by atoms with Gasteiger partial charge in [-0.1, -0.05) is 19.1 Å². The van der Waals surface area contributed by atoms with Gasteiger partial charge in [0.1, 0.15) is 5.82 Å². The summed E-state index contributed by atoms with van der Waals surface area (Å²) in [4.78, 5) is 4.26. The van der Waals surface area contributed by atoms with Gasteiger partial charge < -0.3 is 5.73 Å². The summed E-state index contributed by atoms with van der Waals surface area (Å²) in [5.41, 5.74) is 7.89. The highest BCUT2D eigenvalue weighted by atomic mass is 14.8. The van der Waals surface area contributed by atoms with Crippen molar-refractivity contribution >= 4 is 16.7 Å². The molecule has 2 aromatic rings. The molecule has 0 bridgehead atoms. The van der Waals surface area contributed by atoms with Crippen LogP contribution in [0.1, 0.15) is 12.5 Å². The normalized spacial score (nSPS) is 10.5. The fraction of sp³-hybridized carbons (Fsp3) is 0.182. The van der Waals surface area contributed by atoms with Gasteiger partial charge in [-0.3, -0.25) is 0 Å². The van der Waals surface area contributed by atoms with Crippen molar-refractivity contribution in [1.82, 2.24) is 4.98 Å². The number of aromatic nitrogens is 1. The highest BCUT2D eigenvalue weighted by Gasteiger charge is 1.96. The molecule has 66 valence electrons. The Labute approximate surface area is 77.4 Å². The maximum atomic E-state index is 5.60. The fourth-order valence-corrected chi connectivity index (χ4v) is 1.40. The third-order valence-electron chi connectivity index (χ3n) is 2.19. The van der Waals surface area contributed by atoms with Gasteiger partial charge in [-0.25, -0.2) is 4.98 Å². The molecule has 13 heavy (non-hydrogen) atoms. The molecule has 0 amide bonds. The summed E-state index contributed by atoms with van der Waals surface area (Å²) in [5.74, 6) is 0.584. The molecule has 1 aromatic heterocycles. The highest BCUT2D eigenvalue weighted by Crippen LogP contribution is 2.15. The van der Waals surface area contributed by atoms with Gasteiger partial charge in [0.05, 0.1) is 5.52 Å². The lowest BCUT2D eigenvalue weighted by Crippen LogP contribution is -1.90. The van der Waals surface area contributed by atoms with E-state index in [-0.39, 0.29) is 0 Å². The number of aryl methyl sites for hydroxylation is 1. The van der Waals surface area contributed by atoms with E-state index in [9.17, 15) is 0 Å².